The molecule has 1 aromatic carbocycles. The Bertz CT molecular complexity index is 1270. The molecule has 1 N–H and O–H groups in total. The molecule has 1 aliphatic carbocycles. The number of hydrogen-bond donors (Lipinski definition) is 1. The molecule has 2 unspecified atom stereocenters. The number of aromatic nitrogens is 3. The Labute approximate surface area is 191 Å². The number of Topliss-reactive ketones (excluding diaryl/α,β-unsaturated/α-hetero) is 1. The van der Waals surface area contributed by atoms with E-state index in [-0.39, 0.29) is 29.1 Å². The molecule has 0 amide bonds. The van der Waals surface area contributed by atoms with Crippen LogP contribution in [-0.4, -0.2) is 46.4 Å². The molecule has 2 aromatic heterocycles. The number of rotatable bonds is 4. The van der Waals surface area contributed by atoms with Gasteiger partial charge in [-0.2, -0.15) is 4.98 Å². The summed E-state index contributed by atoms with van der Waals surface area (Å²) in [6, 6.07) is 9.91. The monoisotopic (exact) mass is 446 g/mol. The second kappa shape index (κ2) is 8.77. The Morgan fingerprint density at radius 2 is 2.03 bits per heavy atom. The van der Waals surface area contributed by atoms with Gasteiger partial charge < -0.3 is 9.64 Å². The summed E-state index contributed by atoms with van der Waals surface area (Å²) in [4.78, 5) is 52.1. The highest BCUT2D eigenvalue weighted by molar-refractivity contribution is 6.02. The molecule has 8 heteroatoms. The lowest BCUT2D eigenvalue weighted by atomic mass is 9.79. The van der Waals surface area contributed by atoms with E-state index in [1.807, 2.05) is 35.2 Å². The first-order valence-electron chi connectivity index (χ1n) is 11.5. The van der Waals surface area contributed by atoms with Gasteiger partial charge in [-0.15, -0.1) is 0 Å². The SMILES string of the molecule is CCOC(=O)C1CCCN(c2nc3ncc4c(c3c(=O)[nH]2)CC(c2ccccc2)CC4=O)C1. The Morgan fingerprint density at radius 3 is 2.82 bits per heavy atom. The summed E-state index contributed by atoms with van der Waals surface area (Å²) >= 11 is 0. The lowest BCUT2D eigenvalue weighted by Crippen LogP contribution is -2.41. The Kier molecular flexibility index (Phi) is 5.66. The highest BCUT2D eigenvalue weighted by atomic mass is 16.5. The zero-order chi connectivity index (χ0) is 22.9. The second-order valence-electron chi connectivity index (χ2n) is 8.71. The minimum absolute atomic E-state index is 0.00344. The standard InChI is InChI=1S/C25H26N4O4/c1-2-33-24(32)16-9-6-10-29(14-16)25-27-22-21(23(31)28-25)18-11-17(15-7-4-3-5-8-15)12-20(30)19(18)13-26-22/h3-5,7-8,13,16-17H,2,6,9-12,14H2,1H3,(H,26,27,28,31). The Morgan fingerprint density at radius 1 is 1.21 bits per heavy atom. The van der Waals surface area contributed by atoms with Crippen LogP contribution in [0.2, 0.25) is 0 Å². The number of nitrogens with zero attached hydrogens (tertiary/aromatic N) is 3. The number of carbonyl (C=O) groups is 2. The van der Waals surface area contributed by atoms with Crippen molar-refractivity contribution in [2.24, 2.45) is 5.92 Å². The predicted octanol–water partition coefficient (Wildman–Crippen LogP) is 3.01. The number of aromatic amines is 1. The third kappa shape index (κ3) is 4.01. The first kappa shape index (κ1) is 21.3. The van der Waals surface area contributed by atoms with Crippen LogP contribution in [0.1, 0.15) is 53.6 Å². The van der Waals surface area contributed by atoms with Gasteiger partial charge in [0.25, 0.3) is 5.56 Å². The van der Waals surface area contributed by atoms with Crippen molar-refractivity contribution in [2.75, 3.05) is 24.6 Å². The van der Waals surface area contributed by atoms with Crippen LogP contribution < -0.4 is 10.5 Å². The van der Waals surface area contributed by atoms with E-state index in [0.29, 0.717) is 60.6 Å². The molecule has 1 aliphatic heterocycles. The first-order chi connectivity index (χ1) is 16.0. The lowest BCUT2D eigenvalue weighted by molar-refractivity contribution is -0.148. The summed E-state index contributed by atoms with van der Waals surface area (Å²) < 4.78 is 5.18. The fraction of sp³-hybridized carbons (Fsp3) is 0.400. The molecule has 170 valence electrons. The molecule has 0 radical (unpaired) electrons. The molecule has 33 heavy (non-hydrogen) atoms. The molecule has 3 heterocycles. The van der Waals surface area contributed by atoms with Crippen molar-refractivity contribution in [3.8, 4) is 0 Å². The first-order valence-corrected chi connectivity index (χ1v) is 11.5. The van der Waals surface area contributed by atoms with Gasteiger partial charge in [0.05, 0.1) is 17.9 Å². The lowest BCUT2D eigenvalue weighted by Gasteiger charge is -2.32. The fourth-order valence-corrected chi connectivity index (χ4v) is 4.99. The third-order valence-corrected chi connectivity index (χ3v) is 6.63. The maximum atomic E-state index is 13.2. The number of anilines is 1. The minimum atomic E-state index is -0.306. The molecule has 2 atom stereocenters. The van der Waals surface area contributed by atoms with Gasteiger partial charge in [-0.1, -0.05) is 30.3 Å². The van der Waals surface area contributed by atoms with E-state index in [1.54, 1.807) is 13.1 Å². The van der Waals surface area contributed by atoms with Crippen molar-refractivity contribution < 1.29 is 14.3 Å². The van der Waals surface area contributed by atoms with E-state index in [1.165, 1.54) is 0 Å². The average molecular weight is 447 g/mol. The largest absolute Gasteiger partial charge is 0.466 e. The van der Waals surface area contributed by atoms with Gasteiger partial charge in [-0.25, -0.2) is 4.98 Å². The van der Waals surface area contributed by atoms with Crippen LogP contribution in [0.5, 0.6) is 0 Å². The number of ether oxygens (including phenoxy) is 1. The Balaban J connectivity index is 1.50. The summed E-state index contributed by atoms with van der Waals surface area (Å²) in [6.07, 6.45) is 4.09. The van der Waals surface area contributed by atoms with Crippen molar-refractivity contribution in [3.63, 3.8) is 0 Å². The number of pyridine rings is 1. The quantitative estimate of drug-likeness (QED) is 0.614. The van der Waals surface area contributed by atoms with E-state index in [2.05, 4.69) is 15.0 Å². The van der Waals surface area contributed by atoms with Crippen LogP contribution in [0.4, 0.5) is 5.95 Å². The van der Waals surface area contributed by atoms with Crippen LogP contribution in [-0.2, 0) is 16.0 Å². The number of nitrogens with one attached hydrogen (secondary N) is 1. The van der Waals surface area contributed by atoms with E-state index < -0.39 is 0 Å². The van der Waals surface area contributed by atoms with Crippen LogP contribution >= 0.6 is 0 Å². The molecular formula is C25H26N4O4. The number of benzene rings is 1. The molecule has 3 aromatic rings. The highest BCUT2D eigenvalue weighted by Crippen LogP contribution is 2.34. The normalized spacial score (nSPS) is 20.5. The molecular weight excluding hydrogens is 420 g/mol. The third-order valence-electron chi connectivity index (χ3n) is 6.63. The highest BCUT2D eigenvalue weighted by Gasteiger charge is 2.31. The number of fused-ring (bicyclic) bond motifs is 3. The van der Waals surface area contributed by atoms with E-state index in [0.717, 1.165) is 18.4 Å². The molecule has 0 spiro atoms. The topological polar surface area (TPSA) is 105 Å². The fourth-order valence-electron chi connectivity index (χ4n) is 4.99. The number of H-pyrrole nitrogens is 1. The van der Waals surface area contributed by atoms with Crippen LogP contribution in [0.3, 0.4) is 0 Å². The van der Waals surface area contributed by atoms with Crippen LogP contribution in [0.15, 0.2) is 41.3 Å². The summed E-state index contributed by atoms with van der Waals surface area (Å²) in [5.41, 5.74) is 2.33. The maximum absolute atomic E-state index is 13.2. The Hall–Kier alpha value is -3.55. The summed E-state index contributed by atoms with van der Waals surface area (Å²) in [5, 5.41) is 0.379. The van der Waals surface area contributed by atoms with Crippen molar-refractivity contribution in [2.45, 2.75) is 38.5 Å². The molecule has 8 nitrogen and oxygen atoms in total. The average Bonchev–Trinajstić information content (AvgIpc) is 2.84. The van der Waals surface area contributed by atoms with Crippen molar-refractivity contribution in [3.05, 3.63) is 63.6 Å². The van der Waals surface area contributed by atoms with Crippen LogP contribution in [0.25, 0.3) is 11.0 Å². The summed E-state index contributed by atoms with van der Waals surface area (Å²) in [7, 11) is 0. The number of piperidine rings is 1. The number of hydrogen-bond acceptors (Lipinski definition) is 7. The zero-order valence-electron chi connectivity index (χ0n) is 18.5. The van der Waals surface area contributed by atoms with E-state index >= 15 is 0 Å². The van der Waals surface area contributed by atoms with Gasteiger partial charge in [0, 0.05) is 31.3 Å². The smallest absolute Gasteiger partial charge is 0.310 e. The van der Waals surface area contributed by atoms with Gasteiger partial charge in [0.2, 0.25) is 5.95 Å². The van der Waals surface area contributed by atoms with Crippen molar-refractivity contribution >= 4 is 28.7 Å². The van der Waals surface area contributed by atoms with Gasteiger partial charge in [0.1, 0.15) is 0 Å². The minimum Gasteiger partial charge on any atom is -0.466 e. The number of esters is 1. The zero-order valence-corrected chi connectivity index (χ0v) is 18.5. The maximum Gasteiger partial charge on any atom is 0.310 e. The molecule has 0 bridgehead atoms. The number of ketones is 1. The van der Waals surface area contributed by atoms with E-state index in [9.17, 15) is 14.4 Å². The molecule has 2 aliphatic rings. The van der Waals surface area contributed by atoms with Gasteiger partial charge >= 0.3 is 5.97 Å². The molecule has 5 rings (SSSR count). The molecule has 0 saturated carbocycles. The predicted molar refractivity (Wildman–Crippen MR) is 124 cm³/mol. The van der Waals surface area contributed by atoms with Crippen LogP contribution in [0, 0.1) is 5.92 Å². The van der Waals surface area contributed by atoms with Gasteiger partial charge in [-0.3, -0.25) is 19.4 Å². The molecule has 1 saturated heterocycles. The number of carbonyl (C=O) groups excluding carboxylic acids is 2. The summed E-state index contributed by atoms with van der Waals surface area (Å²) in [6.45, 7) is 3.26. The van der Waals surface area contributed by atoms with Gasteiger partial charge in [0.15, 0.2) is 11.4 Å². The summed E-state index contributed by atoms with van der Waals surface area (Å²) in [5.74, 6) is -0.0567. The van der Waals surface area contributed by atoms with Crippen molar-refractivity contribution in [1.29, 1.82) is 0 Å². The molecule has 1 fully saturated rings. The van der Waals surface area contributed by atoms with Crippen molar-refractivity contribution in [1.82, 2.24) is 15.0 Å². The van der Waals surface area contributed by atoms with E-state index in [4.69, 9.17) is 4.74 Å². The van der Waals surface area contributed by atoms with Gasteiger partial charge in [-0.05, 0) is 43.2 Å². The second-order valence-corrected chi connectivity index (χ2v) is 8.71.